The molecular formula is C32H31FN3O3+. The van der Waals surface area contributed by atoms with E-state index < -0.39 is 11.9 Å². The number of anilines is 1. The molecule has 1 atom stereocenters. The molecule has 0 saturated carbocycles. The first-order valence-electron chi connectivity index (χ1n) is 13.0. The second-order valence-electron chi connectivity index (χ2n) is 9.48. The van der Waals surface area contributed by atoms with Crippen LogP contribution in [0.3, 0.4) is 0 Å². The summed E-state index contributed by atoms with van der Waals surface area (Å²) in [6, 6.07) is 28.3. The predicted molar refractivity (Wildman–Crippen MR) is 150 cm³/mol. The molecule has 2 aromatic heterocycles. The molecule has 39 heavy (non-hydrogen) atoms. The molecule has 5 rings (SSSR count). The van der Waals surface area contributed by atoms with Crippen LogP contribution in [0.4, 0.5) is 10.2 Å². The smallest absolute Gasteiger partial charge is 0.304 e. The third-order valence-electron chi connectivity index (χ3n) is 6.74. The van der Waals surface area contributed by atoms with Gasteiger partial charge in [0.05, 0.1) is 25.8 Å². The van der Waals surface area contributed by atoms with Gasteiger partial charge in [-0.05, 0) is 47.0 Å². The van der Waals surface area contributed by atoms with Crippen molar-refractivity contribution in [1.29, 1.82) is 0 Å². The average molecular weight is 525 g/mol. The van der Waals surface area contributed by atoms with E-state index in [4.69, 9.17) is 4.74 Å². The number of rotatable bonds is 12. The molecule has 0 spiro atoms. The molecule has 3 N–H and O–H groups in total. The van der Waals surface area contributed by atoms with Crippen molar-refractivity contribution < 1.29 is 23.6 Å². The number of ether oxygens (including phenoxy) is 1. The standard InChI is InChI=1S/C32H30FN3O3/c33-25-12-10-24(11-13-25)28(20-32(37)38)29-21-35-30-19-26(14-15-27(29)30)39-18-6-16-34-31-9-4-5-17-36(31)22-23-7-2-1-3-8-23/h1-5,7-15,17,19,21,28,35H,6,16,18,20,22H2,(H,37,38)/p+1. The van der Waals surface area contributed by atoms with E-state index in [1.807, 2.05) is 42.6 Å². The van der Waals surface area contributed by atoms with Crippen LogP contribution in [-0.4, -0.2) is 29.2 Å². The second-order valence-corrected chi connectivity index (χ2v) is 9.48. The van der Waals surface area contributed by atoms with Crippen LogP contribution in [0.1, 0.15) is 35.4 Å². The fourth-order valence-electron chi connectivity index (χ4n) is 4.82. The number of carbonyl (C=O) groups is 1. The molecule has 7 heteroatoms. The Morgan fingerprint density at radius 1 is 1.00 bits per heavy atom. The number of fused-ring (bicyclic) bond motifs is 1. The summed E-state index contributed by atoms with van der Waals surface area (Å²) in [5.74, 6) is 0.148. The van der Waals surface area contributed by atoms with Crippen LogP contribution in [-0.2, 0) is 11.3 Å². The number of benzene rings is 3. The maximum absolute atomic E-state index is 13.4. The van der Waals surface area contributed by atoms with E-state index in [1.54, 1.807) is 12.1 Å². The average Bonchev–Trinajstić information content (AvgIpc) is 3.36. The van der Waals surface area contributed by atoms with Gasteiger partial charge in [0.1, 0.15) is 18.1 Å². The van der Waals surface area contributed by atoms with Gasteiger partial charge in [0.15, 0.2) is 0 Å². The molecular weight excluding hydrogens is 493 g/mol. The molecule has 3 aromatic carbocycles. The van der Waals surface area contributed by atoms with E-state index in [0.717, 1.165) is 53.1 Å². The van der Waals surface area contributed by atoms with Gasteiger partial charge in [0.25, 0.3) is 5.82 Å². The van der Waals surface area contributed by atoms with Crippen LogP contribution in [0.2, 0.25) is 0 Å². The Hall–Kier alpha value is -4.65. The third kappa shape index (κ3) is 6.62. The quantitative estimate of drug-likeness (QED) is 0.136. The number of H-pyrrole nitrogens is 1. The number of pyridine rings is 1. The minimum Gasteiger partial charge on any atom is -0.493 e. The zero-order valence-corrected chi connectivity index (χ0v) is 21.5. The van der Waals surface area contributed by atoms with Crippen molar-refractivity contribution in [3.63, 3.8) is 0 Å². The Morgan fingerprint density at radius 3 is 2.59 bits per heavy atom. The Bertz CT molecular complexity index is 1530. The summed E-state index contributed by atoms with van der Waals surface area (Å²) in [5.41, 5.74) is 3.73. The lowest BCUT2D eigenvalue weighted by Crippen LogP contribution is -2.37. The number of aliphatic carboxylic acids is 1. The number of hydrogen-bond donors (Lipinski definition) is 3. The summed E-state index contributed by atoms with van der Waals surface area (Å²) in [6.45, 7) is 2.12. The third-order valence-corrected chi connectivity index (χ3v) is 6.74. The van der Waals surface area contributed by atoms with E-state index in [-0.39, 0.29) is 12.2 Å². The first-order chi connectivity index (χ1) is 19.1. The SMILES string of the molecule is O=C(O)CC(c1ccc(F)cc1)c1c[nH]c2cc(OCCCNc3cccc[n+]3Cc3ccccc3)ccc12. The Labute approximate surface area is 226 Å². The van der Waals surface area contributed by atoms with Gasteiger partial charge in [0, 0.05) is 41.6 Å². The van der Waals surface area contributed by atoms with Crippen molar-refractivity contribution in [3.8, 4) is 5.75 Å². The van der Waals surface area contributed by atoms with Gasteiger partial charge in [-0.3, -0.25) is 10.1 Å². The van der Waals surface area contributed by atoms with Gasteiger partial charge in [-0.15, -0.1) is 0 Å². The van der Waals surface area contributed by atoms with Gasteiger partial charge < -0.3 is 14.8 Å². The number of hydrogen-bond acceptors (Lipinski definition) is 3. The summed E-state index contributed by atoms with van der Waals surface area (Å²) >= 11 is 0. The van der Waals surface area contributed by atoms with Crippen LogP contribution in [0, 0.1) is 5.82 Å². The highest BCUT2D eigenvalue weighted by atomic mass is 19.1. The number of carboxylic acids is 1. The van der Waals surface area contributed by atoms with Gasteiger partial charge in [-0.2, -0.15) is 0 Å². The Balaban J connectivity index is 1.19. The van der Waals surface area contributed by atoms with Crippen molar-refractivity contribution in [2.24, 2.45) is 0 Å². The highest BCUT2D eigenvalue weighted by Gasteiger charge is 2.21. The Morgan fingerprint density at radius 2 is 1.79 bits per heavy atom. The largest absolute Gasteiger partial charge is 0.493 e. The molecule has 1 unspecified atom stereocenters. The fourth-order valence-corrected chi connectivity index (χ4v) is 4.82. The van der Waals surface area contributed by atoms with E-state index in [2.05, 4.69) is 51.4 Å². The number of aromatic nitrogens is 2. The van der Waals surface area contributed by atoms with Crippen LogP contribution in [0.5, 0.6) is 5.75 Å². The van der Waals surface area contributed by atoms with E-state index in [0.29, 0.717) is 6.61 Å². The first-order valence-corrected chi connectivity index (χ1v) is 13.0. The molecule has 0 aliphatic heterocycles. The maximum Gasteiger partial charge on any atom is 0.304 e. The molecule has 0 aliphatic carbocycles. The van der Waals surface area contributed by atoms with Crippen molar-refractivity contribution in [1.82, 2.24) is 4.98 Å². The number of halogens is 1. The number of nitrogens with one attached hydrogen (secondary N) is 2. The van der Waals surface area contributed by atoms with Gasteiger partial charge in [0.2, 0.25) is 0 Å². The molecule has 198 valence electrons. The number of carboxylic acid groups (broad SMARTS) is 1. The number of aromatic amines is 1. The summed E-state index contributed by atoms with van der Waals surface area (Å²) < 4.78 is 21.6. The zero-order chi connectivity index (χ0) is 27.0. The molecule has 0 radical (unpaired) electrons. The number of nitrogens with zero attached hydrogens (tertiary/aromatic N) is 1. The van der Waals surface area contributed by atoms with E-state index in [1.165, 1.54) is 17.7 Å². The molecule has 0 bridgehead atoms. The van der Waals surface area contributed by atoms with Gasteiger partial charge >= 0.3 is 5.97 Å². The van der Waals surface area contributed by atoms with Crippen molar-refractivity contribution in [3.05, 3.63) is 126 Å². The topological polar surface area (TPSA) is 78.2 Å². The molecule has 6 nitrogen and oxygen atoms in total. The molecule has 0 aliphatic rings. The predicted octanol–water partition coefficient (Wildman–Crippen LogP) is 6.13. The summed E-state index contributed by atoms with van der Waals surface area (Å²) in [6.07, 6.45) is 4.64. The molecule has 5 aromatic rings. The maximum atomic E-state index is 13.4. The normalized spacial score (nSPS) is 11.8. The van der Waals surface area contributed by atoms with Gasteiger partial charge in [-0.1, -0.05) is 48.5 Å². The van der Waals surface area contributed by atoms with Crippen molar-refractivity contribution >= 4 is 22.7 Å². The summed E-state index contributed by atoms with van der Waals surface area (Å²) in [4.78, 5) is 14.8. The van der Waals surface area contributed by atoms with E-state index in [9.17, 15) is 14.3 Å². The van der Waals surface area contributed by atoms with Crippen LogP contribution in [0.25, 0.3) is 10.9 Å². The molecule has 0 fully saturated rings. The highest BCUT2D eigenvalue weighted by molar-refractivity contribution is 5.86. The molecule has 2 heterocycles. The first kappa shape index (κ1) is 26.0. The summed E-state index contributed by atoms with van der Waals surface area (Å²) in [7, 11) is 0. The van der Waals surface area contributed by atoms with Crippen LogP contribution in [0.15, 0.2) is 103 Å². The van der Waals surface area contributed by atoms with Gasteiger partial charge in [-0.25, -0.2) is 8.96 Å². The van der Waals surface area contributed by atoms with Crippen molar-refractivity contribution in [2.45, 2.75) is 25.3 Å². The fraction of sp³-hybridized carbons (Fsp3) is 0.188. The van der Waals surface area contributed by atoms with E-state index >= 15 is 0 Å². The van der Waals surface area contributed by atoms with Crippen LogP contribution >= 0.6 is 0 Å². The molecule has 0 amide bonds. The lowest BCUT2D eigenvalue weighted by atomic mass is 9.88. The molecule has 0 saturated heterocycles. The Kier molecular flexibility index (Phi) is 8.17. The highest BCUT2D eigenvalue weighted by Crippen LogP contribution is 2.34. The van der Waals surface area contributed by atoms with Crippen molar-refractivity contribution in [2.75, 3.05) is 18.5 Å². The van der Waals surface area contributed by atoms with Crippen LogP contribution < -0.4 is 14.6 Å². The second kappa shape index (κ2) is 12.3. The minimum absolute atomic E-state index is 0.0867. The monoisotopic (exact) mass is 524 g/mol. The zero-order valence-electron chi connectivity index (χ0n) is 21.5. The lowest BCUT2D eigenvalue weighted by Gasteiger charge is -2.15. The summed E-state index contributed by atoms with van der Waals surface area (Å²) in [5, 5.41) is 13.9. The lowest BCUT2D eigenvalue weighted by molar-refractivity contribution is -0.674. The minimum atomic E-state index is -0.909.